The summed E-state index contributed by atoms with van der Waals surface area (Å²) in [5, 5.41) is 0. The fraction of sp³-hybridized carbons (Fsp3) is 0.333. The highest BCUT2D eigenvalue weighted by Gasteiger charge is 2.09. The lowest BCUT2D eigenvalue weighted by Crippen LogP contribution is -2.14. The summed E-state index contributed by atoms with van der Waals surface area (Å²) < 4.78 is 5.43. The highest BCUT2D eigenvalue weighted by Crippen LogP contribution is 2.21. The number of carbonyl (C=O) groups is 2. The first-order valence-corrected chi connectivity index (χ1v) is 5.61. The molecule has 0 spiro atoms. The van der Waals surface area contributed by atoms with Crippen LogP contribution in [0.15, 0.2) is 18.2 Å². The molecule has 0 saturated carbocycles. The number of hydrogen-bond donors (Lipinski definition) is 3. The molecule has 0 aliphatic heterocycles. The molecule has 6 nitrogen and oxygen atoms in total. The summed E-state index contributed by atoms with van der Waals surface area (Å²) in [5.41, 5.74) is 16.6. The number of nitrogens with two attached hydrogens (primary N) is 3. The SMILES string of the molecule is NC(=O)CCCCOc1cc(N)ccc1C(N)=O. The molecular formula is C12H17N3O3. The second-order valence-corrected chi connectivity index (χ2v) is 3.89. The van der Waals surface area contributed by atoms with Crippen molar-refractivity contribution >= 4 is 17.5 Å². The molecule has 2 amide bonds. The van der Waals surface area contributed by atoms with Gasteiger partial charge in [-0.15, -0.1) is 0 Å². The molecule has 6 heteroatoms. The number of anilines is 1. The predicted octanol–water partition coefficient (Wildman–Crippen LogP) is 0.402. The van der Waals surface area contributed by atoms with Gasteiger partial charge in [0.1, 0.15) is 5.75 Å². The standard InChI is InChI=1S/C12H17N3O3/c13-8-4-5-9(12(15)17)10(7-8)18-6-2-1-3-11(14)16/h4-5,7H,1-3,6,13H2,(H2,14,16)(H2,15,17). The van der Waals surface area contributed by atoms with Gasteiger partial charge in [-0.1, -0.05) is 0 Å². The van der Waals surface area contributed by atoms with E-state index in [9.17, 15) is 9.59 Å². The minimum absolute atomic E-state index is 0.291. The number of rotatable bonds is 7. The maximum Gasteiger partial charge on any atom is 0.252 e. The van der Waals surface area contributed by atoms with Crippen molar-refractivity contribution in [2.45, 2.75) is 19.3 Å². The Hall–Kier alpha value is -2.24. The minimum atomic E-state index is -0.567. The van der Waals surface area contributed by atoms with Gasteiger partial charge < -0.3 is 21.9 Å². The Labute approximate surface area is 105 Å². The van der Waals surface area contributed by atoms with E-state index in [1.54, 1.807) is 12.1 Å². The second-order valence-electron chi connectivity index (χ2n) is 3.89. The van der Waals surface area contributed by atoms with Crippen molar-refractivity contribution in [3.63, 3.8) is 0 Å². The van der Waals surface area contributed by atoms with Crippen LogP contribution in [0.1, 0.15) is 29.6 Å². The molecule has 0 bridgehead atoms. The number of nitrogen functional groups attached to an aromatic ring is 1. The van der Waals surface area contributed by atoms with E-state index in [4.69, 9.17) is 21.9 Å². The topological polar surface area (TPSA) is 121 Å². The van der Waals surface area contributed by atoms with Gasteiger partial charge in [-0.05, 0) is 25.0 Å². The average Bonchev–Trinajstić information content (AvgIpc) is 2.27. The van der Waals surface area contributed by atoms with Gasteiger partial charge in [-0.3, -0.25) is 9.59 Å². The first kappa shape index (κ1) is 13.8. The van der Waals surface area contributed by atoms with Crippen LogP contribution in [0.3, 0.4) is 0 Å². The summed E-state index contributed by atoms with van der Waals surface area (Å²) in [6.07, 6.45) is 1.63. The molecule has 0 fully saturated rings. The maximum absolute atomic E-state index is 11.2. The van der Waals surface area contributed by atoms with Gasteiger partial charge in [0.25, 0.3) is 5.91 Å². The van der Waals surface area contributed by atoms with E-state index in [1.807, 2.05) is 0 Å². The van der Waals surface area contributed by atoms with Crippen LogP contribution in [0.5, 0.6) is 5.75 Å². The van der Waals surface area contributed by atoms with Crippen LogP contribution >= 0.6 is 0 Å². The number of unbranched alkanes of at least 4 members (excludes halogenated alkanes) is 1. The second kappa shape index (κ2) is 6.48. The van der Waals surface area contributed by atoms with Crippen molar-refractivity contribution in [1.29, 1.82) is 0 Å². The molecule has 0 heterocycles. The fourth-order valence-corrected chi connectivity index (χ4v) is 1.45. The molecule has 1 rings (SSSR count). The number of ether oxygens (including phenoxy) is 1. The van der Waals surface area contributed by atoms with Crippen LogP contribution in [0.2, 0.25) is 0 Å². The third kappa shape index (κ3) is 4.32. The van der Waals surface area contributed by atoms with Crippen LogP contribution in [-0.2, 0) is 4.79 Å². The first-order chi connectivity index (χ1) is 8.50. The maximum atomic E-state index is 11.2. The van der Waals surface area contributed by atoms with E-state index >= 15 is 0 Å². The normalized spacial score (nSPS) is 10.0. The van der Waals surface area contributed by atoms with Gasteiger partial charge in [0.2, 0.25) is 5.91 Å². The van der Waals surface area contributed by atoms with Crippen molar-refractivity contribution in [1.82, 2.24) is 0 Å². The van der Waals surface area contributed by atoms with Crippen LogP contribution in [0, 0.1) is 0 Å². The molecular weight excluding hydrogens is 234 g/mol. The number of amides is 2. The highest BCUT2D eigenvalue weighted by molar-refractivity contribution is 5.96. The van der Waals surface area contributed by atoms with Crippen molar-refractivity contribution < 1.29 is 14.3 Å². The molecule has 0 aromatic heterocycles. The average molecular weight is 251 g/mol. The lowest BCUT2D eigenvalue weighted by Gasteiger charge is -2.10. The van der Waals surface area contributed by atoms with Gasteiger partial charge in [-0.2, -0.15) is 0 Å². The zero-order valence-corrected chi connectivity index (χ0v) is 10.0. The van der Waals surface area contributed by atoms with Crippen molar-refractivity contribution in [2.24, 2.45) is 11.5 Å². The summed E-state index contributed by atoms with van der Waals surface area (Å²) in [5.74, 6) is -0.541. The summed E-state index contributed by atoms with van der Waals surface area (Å²) in [6, 6.07) is 4.66. The fourth-order valence-electron chi connectivity index (χ4n) is 1.45. The van der Waals surface area contributed by atoms with Crippen LogP contribution in [0.25, 0.3) is 0 Å². The lowest BCUT2D eigenvalue weighted by atomic mass is 10.1. The predicted molar refractivity (Wildman–Crippen MR) is 67.9 cm³/mol. The van der Waals surface area contributed by atoms with Crippen LogP contribution in [0.4, 0.5) is 5.69 Å². The third-order valence-electron chi connectivity index (χ3n) is 2.35. The van der Waals surface area contributed by atoms with Gasteiger partial charge in [0.05, 0.1) is 12.2 Å². The monoisotopic (exact) mass is 251 g/mol. The van der Waals surface area contributed by atoms with E-state index < -0.39 is 5.91 Å². The van der Waals surface area contributed by atoms with Crippen molar-refractivity contribution in [2.75, 3.05) is 12.3 Å². The number of carbonyl (C=O) groups excluding carboxylic acids is 2. The van der Waals surface area contributed by atoms with E-state index in [0.29, 0.717) is 42.9 Å². The Balaban J connectivity index is 2.53. The Morgan fingerprint density at radius 3 is 2.50 bits per heavy atom. The van der Waals surface area contributed by atoms with E-state index in [0.717, 1.165) is 0 Å². The molecule has 1 aromatic carbocycles. The molecule has 0 aliphatic rings. The van der Waals surface area contributed by atoms with Gasteiger partial charge in [-0.25, -0.2) is 0 Å². The minimum Gasteiger partial charge on any atom is -0.493 e. The van der Waals surface area contributed by atoms with Gasteiger partial charge >= 0.3 is 0 Å². The summed E-state index contributed by atoms with van der Waals surface area (Å²) >= 11 is 0. The molecule has 0 radical (unpaired) electrons. The molecule has 1 aromatic rings. The molecule has 0 aliphatic carbocycles. The molecule has 0 saturated heterocycles. The number of hydrogen-bond acceptors (Lipinski definition) is 4. The zero-order valence-electron chi connectivity index (χ0n) is 10.0. The molecule has 0 unspecified atom stereocenters. The van der Waals surface area contributed by atoms with Crippen molar-refractivity contribution in [3.05, 3.63) is 23.8 Å². The Kier molecular flexibility index (Phi) is 4.98. The largest absolute Gasteiger partial charge is 0.493 e. The van der Waals surface area contributed by atoms with Crippen LogP contribution in [-0.4, -0.2) is 18.4 Å². The Morgan fingerprint density at radius 1 is 1.17 bits per heavy atom. The highest BCUT2D eigenvalue weighted by atomic mass is 16.5. The van der Waals surface area contributed by atoms with E-state index in [2.05, 4.69) is 0 Å². The number of benzene rings is 1. The Morgan fingerprint density at radius 2 is 1.89 bits per heavy atom. The van der Waals surface area contributed by atoms with Crippen molar-refractivity contribution in [3.8, 4) is 5.75 Å². The quantitative estimate of drug-likeness (QED) is 0.479. The first-order valence-electron chi connectivity index (χ1n) is 5.61. The van der Waals surface area contributed by atoms with Gasteiger partial charge in [0, 0.05) is 18.2 Å². The summed E-state index contributed by atoms with van der Waals surface area (Å²) in [7, 11) is 0. The molecule has 18 heavy (non-hydrogen) atoms. The van der Waals surface area contributed by atoms with E-state index in [-0.39, 0.29) is 5.91 Å². The molecule has 0 atom stereocenters. The Bertz CT molecular complexity index is 446. The molecule has 98 valence electrons. The van der Waals surface area contributed by atoms with Crippen LogP contribution < -0.4 is 21.9 Å². The number of primary amides is 2. The van der Waals surface area contributed by atoms with E-state index in [1.165, 1.54) is 6.07 Å². The smallest absolute Gasteiger partial charge is 0.252 e. The summed E-state index contributed by atoms with van der Waals surface area (Å²) in [6.45, 7) is 0.372. The third-order valence-corrected chi connectivity index (χ3v) is 2.35. The molecule has 6 N–H and O–H groups in total. The summed E-state index contributed by atoms with van der Waals surface area (Å²) in [4.78, 5) is 21.7. The van der Waals surface area contributed by atoms with Gasteiger partial charge in [0.15, 0.2) is 0 Å². The zero-order chi connectivity index (χ0) is 13.5. The lowest BCUT2D eigenvalue weighted by molar-refractivity contribution is -0.118.